The van der Waals surface area contributed by atoms with Crippen molar-refractivity contribution in [1.82, 2.24) is 19.7 Å². The molecule has 2 fully saturated rings. The summed E-state index contributed by atoms with van der Waals surface area (Å²) in [7, 11) is 0. The van der Waals surface area contributed by atoms with Crippen molar-refractivity contribution in [3.8, 4) is 0 Å². The molecule has 3 heterocycles. The second kappa shape index (κ2) is 4.28. The molecular formula is C14H16N4O2. The van der Waals surface area contributed by atoms with Crippen LogP contribution < -0.4 is 5.32 Å². The molecule has 0 aromatic carbocycles. The SMILES string of the molecule is O=C(NC1(C2CC2)CCOC1)c1cn2ccnc2cn1. The van der Waals surface area contributed by atoms with Gasteiger partial charge in [-0.15, -0.1) is 0 Å². The number of hydrogen-bond donors (Lipinski definition) is 1. The third kappa shape index (κ3) is 1.87. The maximum Gasteiger partial charge on any atom is 0.271 e. The molecule has 2 aromatic rings. The Morgan fingerprint density at radius 1 is 1.45 bits per heavy atom. The van der Waals surface area contributed by atoms with E-state index in [1.165, 1.54) is 12.8 Å². The van der Waals surface area contributed by atoms with Gasteiger partial charge in [0.05, 0.1) is 18.3 Å². The number of ether oxygens (including phenoxy) is 1. The number of carbonyl (C=O) groups excluding carboxylic acids is 1. The standard InChI is InChI=1S/C14H16N4O2/c19-13(11-8-18-5-4-15-12(18)7-16-11)17-14(10-1-2-10)3-6-20-9-14/h4-5,7-8,10H,1-3,6,9H2,(H,17,19). The second-order valence-electron chi connectivity index (χ2n) is 5.65. The average molecular weight is 272 g/mol. The van der Waals surface area contributed by atoms with E-state index in [2.05, 4.69) is 15.3 Å². The largest absolute Gasteiger partial charge is 0.379 e. The minimum absolute atomic E-state index is 0.127. The van der Waals surface area contributed by atoms with Crippen molar-refractivity contribution in [2.75, 3.05) is 13.2 Å². The maximum atomic E-state index is 12.4. The van der Waals surface area contributed by atoms with Crippen LogP contribution in [-0.4, -0.2) is 39.0 Å². The highest BCUT2D eigenvalue weighted by Gasteiger charge is 2.48. The highest BCUT2D eigenvalue weighted by molar-refractivity contribution is 5.92. The molecule has 6 nitrogen and oxygen atoms in total. The molecule has 1 amide bonds. The van der Waals surface area contributed by atoms with Gasteiger partial charge in [0.2, 0.25) is 0 Å². The zero-order chi connectivity index (χ0) is 13.6. The van der Waals surface area contributed by atoms with Gasteiger partial charge in [-0.1, -0.05) is 0 Å². The van der Waals surface area contributed by atoms with Gasteiger partial charge in [0.1, 0.15) is 5.69 Å². The number of hydrogen-bond acceptors (Lipinski definition) is 4. The van der Waals surface area contributed by atoms with Crippen LogP contribution in [-0.2, 0) is 4.74 Å². The van der Waals surface area contributed by atoms with Crippen molar-refractivity contribution in [1.29, 1.82) is 0 Å². The van der Waals surface area contributed by atoms with E-state index in [4.69, 9.17) is 4.74 Å². The van der Waals surface area contributed by atoms with E-state index >= 15 is 0 Å². The van der Waals surface area contributed by atoms with Crippen LogP contribution >= 0.6 is 0 Å². The lowest BCUT2D eigenvalue weighted by molar-refractivity contribution is 0.0853. The molecule has 1 N–H and O–H groups in total. The molecule has 1 saturated carbocycles. The number of nitrogens with zero attached hydrogens (tertiary/aromatic N) is 3. The van der Waals surface area contributed by atoms with Crippen LogP contribution in [0.5, 0.6) is 0 Å². The van der Waals surface area contributed by atoms with Gasteiger partial charge >= 0.3 is 0 Å². The van der Waals surface area contributed by atoms with Crippen molar-refractivity contribution >= 4 is 11.6 Å². The zero-order valence-corrected chi connectivity index (χ0v) is 11.1. The minimum atomic E-state index is -0.178. The molecule has 2 aromatic heterocycles. The van der Waals surface area contributed by atoms with Gasteiger partial charge in [0, 0.05) is 25.2 Å². The predicted octanol–water partition coefficient (Wildman–Crippen LogP) is 1.03. The molecule has 0 radical (unpaired) electrons. The van der Waals surface area contributed by atoms with Gasteiger partial charge in [-0.05, 0) is 25.2 Å². The van der Waals surface area contributed by atoms with Gasteiger partial charge in [0.25, 0.3) is 5.91 Å². The first-order valence-corrected chi connectivity index (χ1v) is 6.96. The number of nitrogens with one attached hydrogen (secondary N) is 1. The fraction of sp³-hybridized carbons (Fsp3) is 0.500. The Hall–Kier alpha value is -1.95. The molecule has 4 rings (SSSR count). The summed E-state index contributed by atoms with van der Waals surface area (Å²) in [5.74, 6) is 0.434. The van der Waals surface area contributed by atoms with Crippen LogP contribution in [0, 0.1) is 5.92 Å². The number of imidazole rings is 1. The van der Waals surface area contributed by atoms with Crippen LogP contribution in [0.4, 0.5) is 0 Å². The summed E-state index contributed by atoms with van der Waals surface area (Å²) < 4.78 is 7.31. The van der Waals surface area contributed by atoms with E-state index in [9.17, 15) is 4.79 Å². The van der Waals surface area contributed by atoms with Crippen molar-refractivity contribution in [2.45, 2.75) is 24.8 Å². The highest BCUT2D eigenvalue weighted by Crippen LogP contribution is 2.44. The summed E-state index contributed by atoms with van der Waals surface area (Å²) in [5.41, 5.74) is 0.980. The van der Waals surface area contributed by atoms with Crippen LogP contribution in [0.3, 0.4) is 0 Å². The van der Waals surface area contributed by atoms with E-state index in [0.717, 1.165) is 18.7 Å². The first kappa shape index (κ1) is 11.8. The van der Waals surface area contributed by atoms with E-state index in [0.29, 0.717) is 18.2 Å². The summed E-state index contributed by atoms with van der Waals surface area (Å²) in [6.07, 6.45) is 10.1. The smallest absolute Gasteiger partial charge is 0.271 e. The van der Waals surface area contributed by atoms with Crippen molar-refractivity contribution in [3.05, 3.63) is 30.5 Å². The molecule has 1 aliphatic carbocycles. The van der Waals surface area contributed by atoms with Gasteiger partial charge in [0.15, 0.2) is 5.65 Å². The molecule has 1 atom stereocenters. The van der Waals surface area contributed by atoms with E-state index in [1.54, 1.807) is 23.0 Å². The molecule has 20 heavy (non-hydrogen) atoms. The zero-order valence-electron chi connectivity index (χ0n) is 11.1. The Kier molecular flexibility index (Phi) is 2.53. The molecule has 1 saturated heterocycles. The number of amides is 1. The molecule has 6 heteroatoms. The Balaban J connectivity index is 1.59. The number of carbonyl (C=O) groups is 1. The summed E-state index contributed by atoms with van der Waals surface area (Å²) in [4.78, 5) is 20.8. The molecule has 0 spiro atoms. The summed E-state index contributed by atoms with van der Waals surface area (Å²) in [6, 6.07) is 0. The maximum absolute atomic E-state index is 12.4. The van der Waals surface area contributed by atoms with E-state index in [-0.39, 0.29) is 11.4 Å². The quantitative estimate of drug-likeness (QED) is 0.906. The first-order chi connectivity index (χ1) is 9.77. The topological polar surface area (TPSA) is 68.5 Å². The fourth-order valence-electron chi connectivity index (χ4n) is 2.97. The fourth-order valence-corrected chi connectivity index (χ4v) is 2.97. The lowest BCUT2D eigenvalue weighted by Crippen LogP contribution is -2.51. The van der Waals surface area contributed by atoms with Crippen LogP contribution in [0.25, 0.3) is 5.65 Å². The van der Waals surface area contributed by atoms with Crippen LogP contribution in [0.15, 0.2) is 24.8 Å². The van der Waals surface area contributed by atoms with Gasteiger partial charge in [-0.25, -0.2) is 9.97 Å². The Morgan fingerprint density at radius 2 is 2.35 bits per heavy atom. The van der Waals surface area contributed by atoms with Crippen LogP contribution in [0.2, 0.25) is 0 Å². The Morgan fingerprint density at radius 3 is 3.10 bits per heavy atom. The van der Waals surface area contributed by atoms with E-state index < -0.39 is 0 Å². The highest BCUT2D eigenvalue weighted by atomic mass is 16.5. The van der Waals surface area contributed by atoms with Crippen molar-refractivity contribution in [3.63, 3.8) is 0 Å². The van der Waals surface area contributed by atoms with Crippen molar-refractivity contribution < 1.29 is 9.53 Å². The molecular weight excluding hydrogens is 256 g/mol. The minimum Gasteiger partial charge on any atom is -0.379 e. The van der Waals surface area contributed by atoms with Crippen LogP contribution in [0.1, 0.15) is 29.8 Å². The van der Waals surface area contributed by atoms with Gasteiger partial charge in [-0.3, -0.25) is 4.79 Å². The lowest BCUT2D eigenvalue weighted by atomic mass is 9.92. The summed E-state index contributed by atoms with van der Waals surface area (Å²) in [6.45, 7) is 1.35. The molecule has 1 unspecified atom stereocenters. The Labute approximate surface area is 116 Å². The van der Waals surface area contributed by atoms with Gasteiger partial charge < -0.3 is 14.5 Å². The van der Waals surface area contributed by atoms with E-state index in [1.807, 2.05) is 6.20 Å². The monoisotopic (exact) mass is 272 g/mol. The molecule has 104 valence electrons. The number of fused-ring (bicyclic) bond motifs is 1. The molecule has 0 bridgehead atoms. The first-order valence-electron chi connectivity index (χ1n) is 6.96. The average Bonchev–Trinajstić information content (AvgIpc) is 3.04. The third-order valence-corrected chi connectivity index (χ3v) is 4.29. The lowest BCUT2D eigenvalue weighted by Gasteiger charge is -2.28. The van der Waals surface area contributed by atoms with Gasteiger partial charge in [-0.2, -0.15) is 0 Å². The Bertz CT molecular complexity index is 656. The molecule has 2 aliphatic rings. The summed E-state index contributed by atoms with van der Waals surface area (Å²) >= 11 is 0. The predicted molar refractivity (Wildman–Crippen MR) is 71.3 cm³/mol. The number of rotatable bonds is 3. The third-order valence-electron chi connectivity index (χ3n) is 4.29. The molecule has 1 aliphatic heterocycles. The number of aromatic nitrogens is 3. The normalized spacial score (nSPS) is 26.0. The second-order valence-corrected chi connectivity index (χ2v) is 5.65. The summed E-state index contributed by atoms with van der Waals surface area (Å²) in [5, 5.41) is 3.17. The van der Waals surface area contributed by atoms with Crippen molar-refractivity contribution in [2.24, 2.45) is 5.92 Å².